The van der Waals surface area contributed by atoms with Crippen LogP contribution in [0.25, 0.3) is 0 Å². The number of ether oxygens (including phenoxy) is 3. The van der Waals surface area contributed by atoms with Crippen molar-refractivity contribution in [3.8, 4) is 11.5 Å². The molecule has 0 aromatic heterocycles. The van der Waals surface area contributed by atoms with Crippen molar-refractivity contribution in [3.05, 3.63) is 80.9 Å². The van der Waals surface area contributed by atoms with E-state index in [1.54, 1.807) is 50.2 Å². The van der Waals surface area contributed by atoms with Crippen LogP contribution in [0.15, 0.2) is 70.8 Å². The Morgan fingerprint density at radius 1 is 0.826 bits per heavy atom. The summed E-state index contributed by atoms with van der Waals surface area (Å²) < 4.78 is 17.3. The van der Waals surface area contributed by atoms with E-state index in [2.05, 4.69) is 0 Å². The molecule has 1 unspecified atom stereocenters. The zero-order chi connectivity index (χ0) is 33.7. The van der Waals surface area contributed by atoms with E-state index in [1.807, 2.05) is 20.8 Å². The highest BCUT2D eigenvalue weighted by atomic mass is 35.5. The summed E-state index contributed by atoms with van der Waals surface area (Å²) in [6.45, 7) is 10.4. The number of carbonyl (C=O) groups excluding carboxylic acids is 5. The van der Waals surface area contributed by atoms with Crippen molar-refractivity contribution < 1.29 is 38.2 Å². The molecule has 2 aromatic rings. The average molecular weight is 668 g/mol. The van der Waals surface area contributed by atoms with E-state index >= 15 is 0 Å². The smallest absolute Gasteiger partial charge is 0.347 e. The molecule has 0 saturated heterocycles. The highest BCUT2D eigenvalue weighted by Gasteiger charge is 2.65. The van der Waals surface area contributed by atoms with Gasteiger partial charge in [-0.15, -0.1) is 0 Å². The Hall–Kier alpha value is -3.75. The van der Waals surface area contributed by atoms with Crippen LogP contribution in [0.4, 0.5) is 0 Å². The van der Waals surface area contributed by atoms with Crippen LogP contribution in [0.1, 0.15) is 60.8 Å². The van der Waals surface area contributed by atoms with Gasteiger partial charge in [0.15, 0.2) is 11.6 Å². The molecule has 1 fully saturated rings. The molecule has 0 radical (unpaired) electrons. The van der Waals surface area contributed by atoms with Gasteiger partial charge in [-0.1, -0.05) is 64.2 Å². The van der Waals surface area contributed by atoms with Crippen molar-refractivity contribution in [3.63, 3.8) is 0 Å². The Balaban J connectivity index is 1.70. The third-order valence-electron chi connectivity index (χ3n) is 9.47. The number of carbonyl (C=O) groups is 5. The quantitative estimate of drug-likeness (QED) is 0.137. The fourth-order valence-electron chi connectivity index (χ4n) is 7.85. The third kappa shape index (κ3) is 5.93. The SMILES string of the molecule is CC(=O)O[C@H]1C2=C(C(=O)C(C(=O)Oc3ccc(Cl)cc3)=C(C(C)C)C2=O)[C@@]2(C)CCCC(C)(C)[C@@H]2C1C(=O)Oc1ccc(Cl)cc1. The van der Waals surface area contributed by atoms with Crippen LogP contribution in [-0.4, -0.2) is 35.6 Å². The molecule has 3 aliphatic rings. The number of esters is 3. The van der Waals surface area contributed by atoms with Crippen LogP contribution >= 0.6 is 23.2 Å². The molecule has 0 spiro atoms. The second-order valence-electron chi connectivity index (χ2n) is 13.4. The van der Waals surface area contributed by atoms with Gasteiger partial charge < -0.3 is 14.2 Å². The maximum Gasteiger partial charge on any atom is 0.347 e. The Labute approximate surface area is 278 Å². The predicted molar refractivity (Wildman–Crippen MR) is 171 cm³/mol. The lowest BCUT2D eigenvalue weighted by molar-refractivity contribution is -0.169. The molecule has 0 bridgehead atoms. The molecule has 0 aliphatic heterocycles. The van der Waals surface area contributed by atoms with E-state index in [0.29, 0.717) is 29.3 Å². The molecule has 8 nitrogen and oxygen atoms in total. The van der Waals surface area contributed by atoms with Gasteiger partial charge in [0.1, 0.15) is 29.1 Å². The van der Waals surface area contributed by atoms with Crippen molar-refractivity contribution in [1.82, 2.24) is 0 Å². The molecule has 0 N–H and O–H groups in total. The molecule has 2 aromatic carbocycles. The van der Waals surface area contributed by atoms with Gasteiger partial charge in [0.2, 0.25) is 0 Å². The van der Waals surface area contributed by atoms with Crippen LogP contribution in [0.5, 0.6) is 11.5 Å². The fraction of sp³-hybridized carbons (Fsp3) is 0.417. The van der Waals surface area contributed by atoms with Gasteiger partial charge >= 0.3 is 17.9 Å². The minimum Gasteiger partial charge on any atom is -0.457 e. The molecule has 3 aliphatic carbocycles. The normalized spacial score (nSPS) is 25.5. The van der Waals surface area contributed by atoms with Crippen molar-refractivity contribution in [2.75, 3.05) is 0 Å². The molecular formula is C36H36Cl2O8. The molecule has 46 heavy (non-hydrogen) atoms. The molecule has 0 heterocycles. The summed E-state index contributed by atoms with van der Waals surface area (Å²) in [7, 11) is 0. The van der Waals surface area contributed by atoms with Gasteiger partial charge in [-0.05, 0) is 78.6 Å². The Kier molecular flexibility index (Phi) is 9.10. The predicted octanol–water partition coefficient (Wildman–Crippen LogP) is 7.30. The fourth-order valence-corrected chi connectivity index (χ4v) is 8.11. The molecule has 4 atom stereocenters. The maximum atomic E-state index is 14.7. The van der Waals surface area contributed by atoms with E-state index in [1.165, 1.54) is 19.1 Å². The molecule has 242 valence electrons. The Morgan fingerprint density at radius 3 is 1.89 bits per heavy atom. The largest absolute Gasteiger partial charge is 0.457 e. The van der Waals surface area contributed by atoms with Gasteiger partial charge in [-0.2, -0.15) is 0 Å². The first-order valence-corrected chi connectivity index (χ1v) is 16.0. The lowest BCUT2D eigenvalue weighted by Crippen LogP contribution is -2.60. The first-order chi connectivity index (χ1) is 21.6. The van der Waals surface area contributed by atoms with Crippen molar-refractivity contribution >= 4 is 52.7 Å². The summed E-state index contributed by atoms with van der Waals surface area (Å²) in [6.07, 6.45) is 0.420. The molecule has 10 heteroatoms. The van der Waals surface area contributed by atoms with Gasteiger partial charge in [0.05, 0.1) is 0 Å². The van der Waals surface area contributed by atoms with Gasteiger partial charge in [-0.25, -0.2) is 4.79 Å². The lowest BCUT2D eigenvalue weighted by atomic mass is 9.45. The first-order valence-electron chi connectivity index (χ1n) is 15.3. The Morgan fingerprint density at radius 2 is 1.37 bits per heavy atom. The Bertz CT molecular complexity index is 1680. The monoisotopic (exact) mass is 666 g/mol. The minimum absolute atomic E-state index is 0.0678. The zero-order valence-corrected chi connectivity index (χ0v) is 28.1. The van der Waals surface area contributed by atoms with E-state index in [9.17, 15) is 24.0 Å². The van der Waals surface area contributed by atoms with Crippen LogP contribution in [0, 0.1) is 28.6 Å². The van der Waals surface area contributed by atoms with Crippen LogP contribution in [0.2, 0.25) is 10.0 Å². The second-order valence-corrected chi connectivity index (χ2v) is 14.3. The first kappa shape index (κ1) is 33.6. The van der Waals surface area contributed by atoms with Crippen LogP contribution in [0.3, 0.4) is 0 Å². The van der Waals surface area contributed by atoms with Crippen molar-refractivity contribution in [1.29, 1.82) is 0 Å². The second kappa shape index (κ2) is 12.5. The van der Waals surface area contributed by atoms with Gasteiger partial charge in [0.25, 0.3) is 0 Å². The van der Waals surface area contributed by atoms with Gasteiger partial charge in [0, 0.05) is 39.1 Å². The number of hydrogen-bond acceptors (Lipinski definition) is 8. The molecule has 0 amide bonds. The summed E-state index contributed by atoms with van der Waals surface area (Å²) in [4.78, 5) is 70.1. The number of ketones is 2. The summed E-state index contributed by atoms with van der Waals surface area (Å²) in [5.41, 5.74) is -2.05. The lowest BCUT2D eigenvalue weighted by Gasteiger charge is -2.58. The van der Waals surface area contributed by atoms with Crippen LogP contribution < -0.4 is 9.47 Å². The number of rotatable bonds is 6. The standard InChI is InChI=1S/C36H36Cl2O8/c1-18(2)24-25(33(42)45-22-12-8-20(37)9-13-22)30(41)28-26(29(24)40)31(44-19(3)39)27(32-35(4,5)16-7-17-36(28,32)6)34(43)46-23-14-10-21(38)11-15-23/h8-15,18,27,31-32H,7,16-17H2,1-6H3/t27?,31-,32-,36+/m0/s1. The number of hydrogen-bond donors (Lipinski definition) is 0. The average Bonchev–Trinajstić information content (AvgIpc) is 2.96. The molecule has 1 saturated carbocycles. The van der Waals surface area contributed by atoms with Crippen molar-refractivity contribution in [2.24, 2.45) is 28.6 Å². The van der Waals surface area contributed by atoms with E-state index in [0.717, 1.165) is 0 Å². The summed E-state index contributed by atoms with van der Waals surface area (Å²) >= 11 is 12.0. The van der Waals surface area contributed by atoms with Crippen LogP contribution in [-0.2, 0) is 28.7 Å². The number of allylic oxidation sites excluding steroid dienone is 2. The zero-order valence-electron chi connectivity index (χ0n) is 26.6. The molecular weight excluding hydrogens is 631 g/mol. The van der Waals surface area contributed by atoms with Gasteiger partial charge in [-0.3, -0.25) is 19.2 Å². The molecule has 5 rings (SSSR count). The third-order valence-corrected chi connectivity index (χ3v) is 9.98. The highest BCUT2D eigenvalue weighted by Crippen LogP contribution is 2.63. The van der Waals surface area contributed by atoms with Crippen molar-refractivity contribution in [2.45, 2.75) is 66.9 Å². The van der Waals surface area contributed by atoms with E-state index in [-0.39, 0.29) is 33.8 Å². The summed E-state index contributed by atoms with van der Waals surface area (Å²) in [5.74, 6) is -5.66. The van der Waals surface area contributed by atoms with E-state index in [4.69, 9.17) is 37.4 Å². The topological polar surface area (TPSA) is 113 Å². The summed E-state index contributed by atoms with van der Waals surface area (Å²) in [5, 5.41) is 0.887. The minimum atomic E-state index is -1.43. The number of fused-ring (bicyclic) bond motifs is 2. The number of halogens is 2. The maximum absolute atomic E-state index is 14.7. The highest BCUT2D eigenvalue weighted by molar-refractivity contribution is 6.35. The number of benzene rings is 2. The van der Waals surface area contributed by atoms with E-state index < -0.39 is 64.2 Å². The number of Topliss-reactive ketones (excluding diaryl/α,β-unsaturated/α-hetero) is 2. The summed E-state index contributed by atoms with van der Waals surface area (Å²) in [6, 6.07) is 12.3.